The molecule has 0 radical (unpaired) electrons. The smallest absolute Gasteiger partial charge is 0.191 e. The van der Waals surface area contributed by atoms with Crippen molar-refractivity contribution in [2.75, 3.05) is 50.7 Å². The summed E-state index contributed by atoms with van der Waals surface area (Å²) in [7, 11) is 0. The third-order valence-electron chi connectivity index (χ3n) is 4.41. The number of aryl methyl sites for hydroxylation is 1. The van der Waals surface area contributed by atoms with Gasteiger partial charge in [-0.05, 0) is 51.8 Å². The molecule has 2 N–H and O–H groups in total. The number of benzene rings is 1. The molecule has 5 nitrogen and oxygen atoms in total. The third-order valence-corrected chi connectivity index (χ3v) is 4.41. The van der Waals surface area contributed by atoms with Crippen molar-refractivity contribution in [3.8, 4) is 0 Å². The van der Waals surface area contributed by atoms with Gasteiger partial charge < -0.3 is 15.5 Å². The molecule has 0 unspecified atom stereocenters. The van der Waals surface area contributed by atoms with Crippen molar-refractivity contribution < 1.29 is 0 Å². The first-order valence-corrected chi connectivity index (χ1v) is 9.67. The molecule has 0 bridgehead atoms. The first kappa shape index (κ1) is 23.0. The summed E-state index contributed by atoms with van der Waals surface area (Å²) >= 11 is 0. The lowest BCUT2D eigenvalue weighted by Crippen LogP contribution is -2.46. The lowest BCUT2D eigenvalue weighted by atomic mass is 10.2. The molecule has 0 aromatic heterocycles. The minimum Gasteiger partial charge on any atom is -0.369 e. The van der Waals surface area contributed by atoms with E-state index < -0.39 is 0 Å². The van der Waals surface area contributed by atoms with Crippen LogP contribution >= 0.6 is 24.0 Å². The predicted molar refractivity (Wildman–Crippen MR) is 124 cm³/mol. The lowest BCUT2D eigenvalue weighted by Gasteiger charge is -2.36. The molecule has 1 heterocycles. The third kappa shape index (κ3) is 8.12. The summed E-state index contributed by atoms with van der Waals surface area (Å²) in [5.41, 5.74) is 2.70. The van der Waals surface area contributed by atoms with Gasteiger partial charge in [0.05, 0.1) is 0 Å². The Hall–Kier alpha value is -1.02. The van der Waals surface area contributed by atoms with Crippen molar-refractivity contribution in [2.24, 2.45) is 4.99 Å². The first-order valence-electron chi connectivity index (χ1n) is 9.67. The van der Waals surface area contributed by atoms with Crippen LogP contribution in [-0.4, -0.2) is 62.7 Å². The van der Waals surface area contributed by atoms with Gasteiger partial charge in [0.15, 0.2) is 5.96 Å². The van der Waals surface area contributed by atoms with Crippen LogP contribution in [0.3, 0.4) is 0 Å². The molecular formula is C20H36IN5. The molecule has 0 aliphatic carbocycles. The molecule has 1 saturated heterocycles. The highest BCUT2D eigenvalue weighted by molar-refractivity contribution is 14.0. The second-order valence-electron chi connectivity index (χ2n) is 7.08. The maximum atomic E-state index is 4.67. The number of nitrogens with one attached hydrogen (secondary N) is 2. The number of halogens is 1. The summed E-state index contributed by atoms with van der Waals surface area (Å²) in [6, 6.07) is 9.24. The average Bonchev–Trinajstić information content (AvgIpc) is 2.59. The van der Waals surface area contributed by atoms with Crippen LogP contribution in [0.25, 0.3) is 0 Å². The minimum atomic E-state index is 0. The molecule has 2 rings (SSSR count). The van der Waals surface area contributed by atoms with E-state index in [1.807, 2.05) is 0 Å². The minimum absolute atomic E-state index is 0. The van der Waals surface area contributed by atoms with Gasteiger partial charge in [-0.25, -0.2) is 0 Å². The zero-order valence-corrected chi connectivity index (χ0v) is 19.1. The monoisotopic (exact) mass is 473 g/mol. The maximum Gasteiger partial charge on any atom is 0.191 e. The number of anilines is 1. The van der Waals surface area contributed by atoms with E-state index in [1.54, 1.807) is 0 Å². The molecule has 1 aromatic carbocycles. The van der Waals surface area contributed by atoms with Crippen LogP contribution in [0.15, 0.2) is 29.3 Å². The lowest BCUT2D eigenvalue weighted by molar-refractivity contribution is 0.256. The number of hydrogen-bond donors (Lipinski definition) is 2. The van der Waals surface area contributed by atoms with Crippen molar-refractivity contribution >= 4 is 35.6 Å². The Morgan fingerprint density at radius 2 is 1.92 bits per heavy atom. The predicted octanol–water partition coefficient (Wildman–Crippen LogP) is 3.09. The number of aliphatic imine (C=N–C) groups is 1. The maximum absolute atomic E-state index is 4.67. The van der Waals surface area contributed by atoms with E-state index in [4.69, 9.17) is 0 Å². The van der Waals surface area contributed by atoms with Gasteiger partial charge in [0.1, 0.15) is 0 Å². The fourth-order valence-corrected chi connectivity index (χ4v) is 3.13. The molecule has 148 valence electrons. The molecule has 0 spiro atoms. The molecule has 0 saturated carbocycles. The fourth-order valence-electron chi connectivity index (χ4n) is 3.13. The van der Waals surface area contributed by atoms with E-state index in [-0.39, 0.29) is 24.0 Å². The molecule has 1 aliphatic rings. The summed E-state index contributed by atoms with van der Waals surface area (Å²) in [5.74, 6) is 0.932. The molecule has 26 heavy (non-hydrogen) atoms. The first-order chi connectivity index (χ1) is 12.1. The molecule has 0 atom stereocenters. The summed E-state index contributed by atoms with van der Waals surface area (Å²) in [6.45, 7) is 16.0. The van der Waals surface area contributed by atoms with Gasteiger partial charge in [-0.15, -0.1) is 24.0 Å². The Labute approximate surface area is 176 Å². The van der Waals surface area contributed by atoms with E-state index >= 15 is 0 Å². The number of piperazine rings is 1. The zero-order chi connectivity index (χ0) is 18.1. The number of nitrogens with zero attached hydrogens (tertiary/aromatic N) is 3. The highest BCUT2D eigenvalue weighted by Crippen LogP contribution is 2.17. The van der Waals surface area contributed by atoms with Gasteiger partial charge in [-0.2, -0.15) is 0 Å². The standard InChI is InChI=1S/C20H35N5.HI/c1-5-21-20(23-17(2)3)22-10-7-11-24-12-14-25(15-13-24)19-9-6-8-18(4)16-19;/h6,8-9,16-17H,5,7,10-15H2,1-4H3,(H2,21,22,23);1H. The van der Waals surface area contributed by atoms with Crippen molar-refractivity contribution in [1.82, 2.24) is 15.5 Å². The Morgan fingerprint density at radius 3 is 2.54 bits per heavy atom. The molecule has 6 heteroatoms. The van der Waals surface area contributed by atoms with E-state index in [9.17, 15) is 0 Å². The fraction of sp³-hybridized carbons (Fsp3) is 0.650. The Kier molecular flexibility index (Phi) is 11.0. The number of guanidine groups is 1. The Balaban J connectivity index is 0.00000338. The average molecular weight is 473 g/mol. The second kappa shape index (κ2) is 12.4. The van der Waals surface area contributed by atoms with Crippen molar-refractivity contribution in [3.63, 3.8) is 0 Å². The molecule has 0 amide bonds. The largest absolute Gasteiger partial charge is 0.369 e. The molecule has 1 fully saturated rings. The van der Waals surface area contributed by atoms with Crippen LogP contribution in [0.1, 0.15) is 32.8 Å². The van der Waals surface area contributed by atoms with E-state index in [0.717, 1.165) is 58.2 Å². The van der Waals surface area contributed by atoms with Gasteiger partial charge in [0, 0.05) is 57.5 Å². The molecule has 1 aromatic rings. The Bertz CT molecular complexity index is 539. The molecule has 1 aliphatic heterocycles. The van der Waals surface area contributed by atoms with Crippen molar-refractivity contribution in [1.29, 1.82) is 0 Å². The van der Waals surface area contributed by atoms with Crippen LogP contribution < -0.4 is 15.5 Å². The normalized spacial score (nSPS) is 15.7. The van der Waals surface area contributed by atoms with Crippen LogP contribution in [-0.2, 0) is 0 Å². The second-order valence-corrected chi connectivity index (χ2v) is 7.08. The van der Waals surface area contributed by atoms with Crippen LogP contribution in [0.5, 0.6) is 0 Å². The van der Waals surface area contributed by atoms with Crippen LogP contribution in [0, 0.1) is 6.92 Å². The summed E-state index contributed by atoms with van der Waals surface area (Å²) in [6.07, 6.45) is 1.11. The topological polar surface area (TPSA) is 42.9 Å². The quantitative estimate of drug-likeness (QED) is 0.277. The number of hydrogen-bond acceptors (Lipinski definition) is 3. The summed E-state index contributed by atoms with van der Waals surface area (Å²) < 4.78 is 0. The molecular weight excluding hydrogens is 437 g/mol. The van der Waals surface area contributed by atoms with Crippen molar-refractivity contribution in [3.05, 3.63) is 29.8 Å². The van der Waals surface area contributed by atoms with Crippen LogP contribution in [0.2, 0.25) is 0 Å². The SMILES string of the molecule is CCNC(=NCCCN1CCN(c2cccc(C)c2)CC1)NC(C)C.I. The van der Waals surface area contributed by atoms with E-state index in [2.05, 4.69) is 77.4 Å². The van der Waals surface area contributed by atoms with Gasteiger partial charge in [-0.3, -0.25) is 9.89 Å². The van der Waals surface area contributed by atoms with Crippen LogP contribution in [0.4, 0.5) is 5.69 Å². The highest BCUT2D eigenvalue weighted by Gasteiger charge is 2.16. The summed E-state index contributed by atoms with van der Waals surface area (Å²) in [4.78, 5) is 9.73. The van der Waals surface area contributed by atoms with E-state index in [1.165, 1.54) is 11.3 Å². The highest BCUT2D eigenvalue weighted by atomic mass is 127. The van der Waals surface area contributed by atoms with Gasteiger partial charge in [-0.1, -0.05) is 12.1 Å². The van der Waals surface area contributed by atoms with Gasteiger partial charge in [0.25, 0.3) is 0 Å². The summed E-state index contributed by atoms with van der Waals surface area (Å²) in [5, 5.41) is 6.67. The van der Waals surface area contributed by atoms with Gasteiger partial charge in [0.2, 0.25) is 0 Å². The Morgan fingerprint density at radius 1 is 1.19 bits per heavy atom. The zero-order valence-electron chi connectivity index (χ0n) is 16.8. The van der Waals surface area contributed by atoms with Crippen molar-refractivity contribution in [2.45, 2.75) is 40.2 Å². The van der Waals surface area contributed by atoms with Gasteiger partial charge >= 0.3 is 0 Å². The van der Waals surface area contributed by atoms with E-state index in [0.29, 0.717) is 6.04 Å². The number of rotatable bonds is 7.